The molecule has 0 atom stereocenters. The minimum Gasteiger partial charge on any atom is -0.333 e. The Bertz CT molecular complexity index is 587. The summed E-state index contributed by atoms with van der Waals surface area (Å²) < 4.78 is 6.44. The van der Waals surface area contributed by atoms with Crippen LogP contribution in [0.15, 0.2) is 20.4 Å². The Hall–Kier alpha value is -0.720. The summed E-state index contributed by atoms with van der Waals surface area (Å²) in [6, 6.07) is 3.96. The van der Waals surface area contributed by atoms with Crippen LogP contribution in [-0.2, 0) is 5.54 Å². The maximum absolute atomic E-state index is 6.50. The summed E-state index contributed by atoms with van der Waals surface area (Å²) in [4.78, 5) is 5.50. The minimum atomic E-state index is -0.415. The monoisotopic (exact) mass is 355 g/mol. The van der Waals surface area contributed by atoms with E-state index in [1.165, 1.54) is 6.42 Å². The van der Waals surface area contributed by atoms with Crippen LogP contribution in [0.3, 0.4) is 0 Å². The molecule has 0 aliphatic heterocycles. The first kappa shape index (κ1) is 14.2. The Balaban J connectivity index is 1.80. The maximum atomic E-state index is 6.50. The van der Waals surface area contributed by atoms with Gasteiger partial charge in [-0.1, -0.05) is 18.5 Å². The van der Waals surface area contributed by atoms with Gasteiger partial charge in [-0.15, -0.1) is 11.3 Å². The molecule has 20 heavy (non-hydrogen) atoms. The summed E-state index contributed by atoms with van der Waals surface area (Å²) in [7, 11) is 0. The van der Waals surface area contributed by atoms with Crippen LogP contribution < -0.4 is 5.73 Å². The molecule has 6 heteroatoms. The zero-order valence-corrected chi connectivity index (χ0v) is 13.8. The van der Waals surface area contributed by atoms with E-state index in [0.717, 1.165) is 40.3 Å². The van der Waals surface area contributed by atoms with E-state index in [1.54, 1.807) is 11.3 Å². The van der Waals surface area contributed by atoms with Gasteiger partial charge in [-0.3, -0.25) is 0 Å². The second kappa shape index (κ2) is 5.58. The highest BCUT2D eigenvalue weighted by Gasteiger charge is 2.37. The van der Waals surface area contributed by atoms with Crippen LogP contribution in [0.5, 0.6) is 0 Å². The van der Waals surface area contributed by atoms with Gasteiger partial charge in [-0.25, -0.2) is 0 Å². The van der Waals surface area contributed by atoms with E-state index in [4.69, 9.17) is 10.3 Å². The molecule has 0 amide bonds. The first-order chi connectivity index (χ1) is 9.60. The molecule has 1 fully saturated rings. The average Bonchev–Trinajstić information content (AvgIpc) is 3.08. The van der Waals surface area contributed by atoms with Gasteiger partial charge >= 0.3 is 0 Å². The molecule has 0 bridgehead atoms. The highest BCUT2D eigenvalue weighted by Crippen LogP contribution is 2.38. The van der Waals surface area contributed by atoms with Gasteiger partial charge in [0.15, 0.2) is 5.82 Å². The summed E-state index contributed by atoms with van der Waals surface area (Å²) in [5, 5.41) is 4.13. The van der Waals surface area contributed by atoms with Crippen molar-refractivity contribution in [3.63, 3.8) is 0 Å². The molecular weight excluding hydrogens is 338 g/mol. The van der Waals surface area contributed by atoms with Crippen molar-refractivity contribution < 1.29 is 4.52 Å². The normalized spacial score (nSPS) is 26.9. The van der Waals surface area contributed by atoms with E-state index >= 15 is 0 Å². The van der Waals surface area contributed by atoms with Crippen LogP contribution >= 0.6 is 27.3 Å². The Morgan fingerprint density at radius 2 is 2.20 bits per heavy atom. The lowest BCUT2D eigenvalue weighted by Crippen LogP contribution is -2.41. The van der Waals surface area contributed by atoms with Crippen molar-refractivity contribution in [2.24, 2.45) is 11.7 Å². The van der Waals surface area contributed by atoms with E-state index in [9.17, 15) is 0 Å². The molecule has 108 valence electrons. The van der Waals surface area contributed by atoms with Crippen molar-refractivity contribution in [3.8, 4) is 10.8 Å². The number of thiophene rings is 1. The average molecular weight is 356 g/mol. The number of nitrogens with two attached hydrogens (primary N) is 1. The van der Waals surface area contributed by atoms with Gasteiger partial charge in [0.25, 0.3) is 5.89 Å². The first-order valence-electron chi connectivity index (χ1n) is 6.99. The van der Waals surface area contributed by atoms with Gasteiger partial charge in [0.1, 0.15) is 0 Å². The predicted molar refractivity (Wildman–Crippen MR) is 83.4 cm³/mol. The largest absolute Gasteiger partial charge is 0.333 e. The smallest absolute Gasteiger partial charge is 0.268 e. The zero-order chi connectivity index (χ0) is 14.2. The number of hydrogen-bond donors (Lipinski definition) is 1. The lowest BCUT2D eigenvalue weighted by molar-refractivity contribution is 0.216. The molecule has 2 aromatic heterocycles. The molecule has 1 aliphatic rings. The molecule has 0 spiro atoms. The summed E-state index contributed by atoms with van der Waals surface area (Å²) in [5.41, 5.74) is 6.09. The molecule has 0 radical (unpaired) electrons. The van der Waals surface area contributed by atoms with Gasteiger partial charge < -0.3 is 10.3 Å². The molecule has 0 saturated heterocycles. The van der Waals surface area contributed by atoms with E-state index in [1.807, 2.05) is 12.1 Å². The Morgan fingerprint density at radius 3 is 2.80 bits per heavy atom. The van der Waals surface area contributed by atoms with Crippen LogP contribution in [-0.4, -0.2) is 10.1 Å². The van der Waals surface area contributed by atoms with Crippen LogP contribution in [0.25, 0.3) is 10.8 Å². The van der Waals surface area contributed by atoms with E-state index < -0.39 is 5.54 Å². The molecule has 1 aliphatic carbocycles. The summed E-state index contributed by atoms with van der Waals surface area (Å²) in [6.07, 6.45) is 5.43. The number of hydrogen-bond acceptors (Lipinski definition) is 5. The topological polar surface area (TPSA) is 64.9 Å². The Labute approximate surface area is 130 Å². The lowest BCUT2D eigenvalue weighted by Gasteiger charge is -2.34. The van der Waals surface area contributed by atoms with Crippen molar-refractivity contribution >= 4 is 27.3 Å². The van der Waals surface area contributed by atoms with Gasteiger partial charge in [0, 0.05) is 0 Å². The molecule has 0 unspecified atom stereocenters. The SMILES string of the molecule is CCC1CCC(N)(c2noc(-c3ccc(Br)s3)n2)CC1. The first-order valence-corrected chi connectivity index (χ1v) is 8.60. The van der Waals surface area contributed by atoms with Gasteiger partial charge in [0.05, 0.1) is 14.2 Å². The van der Waals surface area contributed by atoms with E-state index in [2.05, 4.69) is 33.0 Å². The van der Waals surface area contributed by atoms with Crippen molar-refractivity contribution in [3.05, 3.63) is 21.7 Å². The highest BCUT2D eigenvalue weighted by molar-refractivity contribution is 9.11. The fourth-order valence-electron chi connectivity index (χ4n) is 2.78. The Morgan fingerprint density at radius 1 is 1.45 bits per heavy atom. The third-order valence-corrected chi connectivity index (χ3v) is 5.84. The third-order valence-electron chi connectivity index (χ3n) is 4.23. The molecule has 2 aromatic rings. The van der Waals surface area contributed by atoms with Gasteiger partial charge in [-0.05, 0) is 59.7 Å². The van der Waals surface area contributed by atoms with Gasteiger partial charge in [-0.2, -0.15) is 4.98 Å². The van der Waals surface area contributed by atoms with Crippen molar-refractivity contribution in [1.82, 2.24) is 10.1 Å². The standard InChI is InChI=1S/C14H18BrN3OS/c1-2-9-5-7-14(16,8-6-9)13-17-12(19-18-13)10-3-4-11(15)20-10/h3-4,9H,2,5-8,16H2,1H3. The number of halogens is 1. The molecule has 4 nitrogen and oxygen atoms in total. The molecule has 0 aromatic carbocycles. The van der Waals surface area contributed by atoms with E-state index in [-0.39, 0.29) is 0 Å². The Kier molecular flexibility index (Phi) is 3.97. The summed E-state index contributed by atoms with van der Waals surface area (Å²) >= 11 is 5.03. The zero-order valence-electron chi connectivity index (χ0n) is 11.4. The molecule has 1 saturated carbocycles. The fourth-order valence-corrected chi connectivity index (χ4v) is 4.09. The molecule has 2 heterocycles. The lowest BCUT2D eigenvalue weighted by atomic mass is 9.76. The summed E-state index contributed by atoms with van der Waals surface area (Å²) in [6.45, 7) is 2.25. The van der Waals surface area contributed by atoms with Crippen molar-refractivity contribution in [1.29, 1.82) is 0 Å². The molecular formula is C14H18BrN3OS. The van der Waals surface area contributed by atoms with Crippen LogP contribution in [0, 0.1) is 5.92 Å². The highest BCUT2D eigenvalue weighted by atomic mass is 79.9. The molecule has 3 rings (SSSR count). The fraction of sp³-hybridized carbons (Fsp3) is 0.571. The van der Waals surface area contributed by atoms with Crippen LogP contribution in [0.2, 0.25) is 0 Å². The molecule has 2 N–H and O–H groups in total. The maximum Gasteiger partial charge on any atom is 0.268 e. The number of aromatic nitrogens is 2. The van der Waals surface area contributed by atoms with Crippen molar-refractivity contribution in [2.75, 3.05) is 0 Å². The van der Waals surface area contributed by atoms with Crippen LogP contribution in [0.4, 0.5) is 0 Å². The van der Waals surface area contributed by atoms with Gasteiger partial charge in [0.2, 0.25) is 0 Å². The second-order valence-electron chi connectivity index (χ2n) is 5.53. The van der Waals surface area contributed by atoms with Crippen molar-refractivity contribution in [2.45, 2.75) is 44.6 Å². The second-order valence-corrected chi connectivity index (χ2v) is 8.00. The van der Waals surface area contributed by atoms with E-state index in [0.29, 0.717) is 11.7 Å². The van der Waals surface area contributed by atoms with Crippen LogP contribution in [0.1, 0.15) is 44.9 Å². The number of rotatable bonds is 3. The number of nitrogens with zero attached hydrogens (tertiary/aromatic N) is 2. The summed E-state index contributed by atoms with van der Waals surface area (Å²) in [5.74, 6) is 2.02. The minimum absolute atomic E-state index is 0.415. The predicted octanol–water partition coefficient (Wildman–Crippen LogP) is 4.31. The third kappa shape index (κ3) is 2.69. The quantitative estimate of drug-likeness (QED) is 0.890.